The molecule has 3 aromatic rings. The van der Waals surface area contributed by atoms with Crippen molar-refractivity contribution in [1.29, 1.82) is 0 Å². The Hall–Kier alpha value is -3.14. The molecule has 122 valence electrons. The van der Waals surface area contributed by atoms with Crippen molar-refractivity contribution >= 4 is 11.4 Å². The van der Waals surface area contributed by atoms with Gasteiger partial charge in [-0.15, -0.1) is 0 Å². The van der Waals surface area contributed by atoms with Gasteiger partial charge in [0.25, 0.3) is 0 Å². The number of ether oxygens (including phenoxy) is 2. The van der Waals surface area contributed by atoms with Gasteiger partial charge in [-0.2, -0.15) is 0 Å². The summed E-state index contributed by atoms with van der Waals surface area (Å²) in [5, 5.41) is 0. The smallest absolute Gasteiger partial charge is 0.119 e. The van der Waals surface area contributed by atoms with Gasteiger partial charge in [0, 0.05) is 11.4 Å². The first-order chi connectivity index (χ1) is 11.7. The summed E-state index contributed by atoms with van der Waals surface area (Å²) >= 11 is 0. The molecule has 3 aromatic carbocycles. The zero-order chi connectivity index (χ0) is 16.8. The molecular weight excluding hydrogens is 300 g/mol. The van der Waals surface area contributed by atoms with Crippen LogP contribution in [0.15, 0.2) is 72.8 Å². The van der Waals surface area contributed by atoms with E-state index in [9.17, 15) is 0 Å². The Labute approximate surface area is 141 Å². The number of anilines is 2. The van der Waals surface area contributed by atoms with Crippen molar-refractivity contribution in [1.82, 2.24) is 0 Å². The Morgan fingerprint density at radius 1 is 0.500 bits per heavy atom. The molecule has 3 rings (SSSR count). The molecule has 0 heterocycles. The average Bonchev–Trinajstić information content (AvgIpc) is 2.62. The van der Waals surface area contributed by atoms with E-state index in [1.807, 2.05) is 72.8 Å². The summed E-state index contributed by atoms with van der Waals surface area (Å²) in [5.41, 5.74) is 15.0. The minimum Gasteiger partial charge on any atom is -0.489 e. The van der Waals surface area contributed by atoms with E-state index < -0.39 is 0 Å². The molecule has 4 heteroatoms. The highest BCUT2D eigenvalue weighted by atomic mass is 16.5. The summed E-state index contributed by atoms with van der Waals surface area (Å²) in [4.78, 5) is 0. The van der Waals surface area contributed by atoms with Crippen molar-refractivity contribution in [2.75, 3.05) is 11.5 Å². The van der Waals surface area contributed by atoms with E-state index in [-0.39, 0.29) is 0 Å². The van der Waals surface area contributed by atoms with Gasteiger partial charge in [-0.3, -0.25) is 0 Å². The summed E-state index contributed by atoms with van der Waals surface area (Å²) in [6, 6.07) is 22.9. The van der Waals surface area contributed by atoms with Gasteiger partial charge in [0.1, 0.15) is 24.7 Å². The first-order valence-electron chi connectivity index (χ1n) is 7.73. The Morgan fingerprint density at radius 3 is 1.17 bits per heavy atom. The van der Waals surface area contributed by atoms with Crippen LogP contribution in [-0.4, -0.2) is 0 Å². The standard InChI is InChI=1S/C20H20N2O2/c21-17-5-9-19(10-6-17)23-13-15-1-2-16(4-3-15)14-24-20-11-7-18(22)8-12-20/h1-12H,13-14,21-22H2. The van der Waals surface area contributed by atoms with Crippen LogP contribution < -0.4 is 20.9 Å². The Bertz CT molecular complexity index is 698. The number of rotatable bonds is 6. The van der Waals surface area contributed by atoms with E-state index in [0.29, 0.717) is 13.2 Å². The van der Waals surface area contributed by atoms with E-state index in [0.717, 1.165) is 34.0 Å². The molecule has 0 saturated carbocycles. The minimum absolute atomic E-state index is 0.517. The molecule has 4 N–H and O–H groups in total. The molecule has 0 aliphatic heterocycles. The summed E-state index contributed by atoms with van der Waals surface area (Å²) in [6.45, 7) is 1.03. The van der Waals surface area contributed by atoms with Gasteiger partial charge in [-0.25, -0.2) is 0 Å². The van der Waals surface area contributed by atoms with E-state index in [2.05, 4.69) is 0 Å². The van der Waals surface area contributed by atoms with Crippen molar-refractivity contribution in [3.05, 3.63) is 83.9 Å². The molecule has 4 nitrogen and oxygen atoms in total. The summed E-state index contributed by atoms with van der Waals surface area (Å²) in [7, 11) is 0. The molecule has 0 radical (unpaired) electrons. The Kier molecular flexibility index (Phi) is 4.87. The summed E-state index contributed by atoms with van der Waals surface area (Å²) < 4.78 is 11.5. The van der Waals surface area contributed by atoms with Crippen molar-refractivity contribution in [3.63, 3.8) is 0 Å². The van der Waals surface area contributed by atoms with Crippen molar-refractivity contribution in [3.8, 4) is 11.5 Å². The lowest BCUT2D eigenvalue weighted by Gasteiger charge is -2.09. The molecule has 24 heavy (non-hydrogen) atoms. The maximum Gasteiger partial charge on any atom is 0.119 e. The van der Waals surface area contributed by atoms with Gasteiger partial charge in [0.15, 0.2) is 0 Å². The Balaban J connectivity index is 1.51. The van der Waals surface area contributed by atoms with Gasteiger partial charge in [-0.05, 0) is 59.7 Å². The number of nitrogens with two attached hydrogens (primary N) is 2. The second-order valence-electron chi connectivity index (χ2n) is 5.53. The molecule has 0 unspecified atom stereocenters. The van der Waals surface area contributed by atoms with Crippen LogP contribution >= 0.6 is 0 Å². The third-order valence-electron chi connectivity index (χ3n) is 3.59. The highest BCUT2D eigenvalue weighted by molar-refractivity contribution is 5.42. The topological polar surface area (TPSA) is 70.5 Å². The van der Waals surface area contributed by atoms with Gasteiger partial charge in [0.05, 0.1) is 0 Å². The minimum atomic E-state index is 0.517. The fraction of sp³-hybridized carbons (Fsp3) is 0.100. The molecule has 0 aliphatic carbocycles. The number of nitrogen functional groups attached to an aromatic ring is 2. The predicted octanol–water partition coefficient (Wildman–Crippen LogP) is 4.01. The van der Waals surface area contributed by atoms with Crippen LogP contribution in [0.1, 0.15) is 11.1 Å². The van der Waals surface area contributed by atoms with E-state index in [1.165, 1.54) is 0 Å². The fourth-order valence-corrected chi connectivity index (χ4v) is 2.19. The summed E-state index contributed by atoms with van der Waals surface area (Å²) in [5.74, 6) is 1.61. The van der Waals surface area contributed by atoms with Crippen LogP contribution in [0, 0.1) is 0 Å². The Morgan fingerprint density at radius 2 is 0.833 bits per heavy atom. The molecule has 0 atom stereocenters. The third-order valence-corrected chi connectivity index (χ3v) is 3.59. The quantitative estimate of drug-likeness (QED) is 0.673. The van der Waals surface area contributed by atoms with Crippen molar-refractivity contribution in [2.45, 2.75) is 13.2 Å². The largest absolute Gasteiger partial charge is 0.489 e. The molecule has 0 fully saturated rings. The van der Waals surface area contributed by atoms with E-state index >= 15 is 0 Å². The normalized spacial score (nSPS) is 10.3. The van der Waals surface area contributed by atoms with Crippen LogP contribution in [0.3, 0.4) is 0 Å². The number of hydrogen-bond acceptors (Lipinski definition) is 4. The van der Waals surface area contributed by atoms with Crippen molar-refractivity contribution < 1.29 is 9.47 Å². The molecule has 0 spiro atoms. The maximum absolute atomic E-state index is 5.73. The molecule has 0 aliphatic rings. The molecular formula is C20H20N2O2. The average molecular weight is 320 g/mol. The molecule has 0 aromatic heterocycles. The second-order valence-corrected chi connectivity index (χ2v) is 5.53. The van der Waals surface area contributed by atoms with E-state index in [4.69, 9.17) is 20.9 Å². The zero-order valence-corrected chi connectivity index (χ0v) is 13.3. The lowest BCUT2D eigenvalue weighted by Crippen LogP contribution is -1.98. The van der Waals surface area contributed by atoms with Gasteiger partial charge in [-0.1, -0.05) is 24.3 Å². The lowest BCUT2D eigenvalue weighted by atomic mass is 10.1. The van der Waals surface area contributed by atoms with Crippen LogP contribution in [0.2, 0.25) is 0 Å². The monoisotopic (exact) mass is 320 g/mol. The maximum atomic E-state index is 5.73. The number of hydrogen-bond donors (Lipinski definition) is 2. The van der Waals surface area contributed by atoms with Crippen LogP contribution in [0.5, 0.6) is 11.5 Å². The zero-order valence-electron chi connectivity index (χ0n) is 13.3. The predicted molar refractivity (Wildman–Crippen MR) is 96.8 cm³/mol. The highest BCUT2D eigenvalue weighted by Gasteiger charge is 1.99. The first-order valence-corrected chi connectivity index (χ1v) is 7.73. The van der Waals surface area contributed by atoms with Crippen molar-refractivity contribution in [2.24, 2.45) is 0 Å². The molecule has 0 saturated heterocycles. The van der Waals surface area contributed by atoms with E-state index in [1.54, 1.807) is 0 Å². The second kappa shape index (κ2) is 7.42. The number of benzene rings is 3. The first kappa shape index (κ1) is 15.7. The van der Waals surface area contributed by atoms with Crippen LogP contribution in [0.25, 0.3) is 0 Å². The van der Waals surface area contributed by atoms with Gasteiger partial charge >= 0.3 is 0 Å². The van der Waals surface area contributed by atoms with Crippen LogP contribution in [-0.2, 0) is 13.2 Å². The molecule has 0 bridgehead atoms. The lowest BCUT2D eigenvalue weighted by molar-refractivity contribution is 0.302. The van der Waals surface area contributed by atoms with Gasteiger partial charge in [0.2, 0.25) is 0 Å². The highest BCUT2D eigenvalue weighted by Crippen LogP contribution is 2.17. The molecule has 0 amide bonds. The third kappa shape index (κ3) is 4.43. The van der Waals surface area contributed by atoms with Crippen LogP contribution in [0.4, 0.5) is 11.4 Å². The summed E-state index contributed by atoms with van der Waals surface area (Å²) in [6.07, 6.45) is 0. The fourth-order valence-electron chi connectivity index (χ4n) is 2.19. The van der Waals surface area contributed by atoms with Gasteiger partial charge < -0.3 is 20.9 Å². The SMILES string of the molecule is Nc1ccc(OCc2ccc(COc3ccc(N)cc3)cc2)cc1.